The molecule has 1 aliphatic heterocycles. The van der Waals surface area contributed by atoms with Crippen molar-refractivity contribution in [2.24, 2.45) is 5.41 Å². The van der Waals surface area contributed by atoms with Crippen molar-refractivity contribution in [2.75, 3.05) is 0 Å². The molecule has 1 saturated heterocycles. The number of hydrogen-bond donors (Lipinski definition) is 1. The second kappa shape index (κ2) is 6.98. The van der Waals surface area contributed by atoms with E-state index in [0.717, 1.165) is 0 Å². The number of carboxylic acids is 1. The van der Waals surface area contributed by atoms with E-state index >= 15 is 0 Å². The third kappa shape index (κ3) is 4.48. The van der Waals surface area contributed by atoms with Crippen molar-refractivity contribution in [3.63, 3.8) is 0 Å². The summed E-state index contributed by atoms with van der Waals surface area (Å²) < 4.78 is 10.5. The van der Waals surface area contributed by atoms with Crippen molar-refractivity contribution in [1.82, 2.24) is 4.90 Å². The molecule has 1 fully saturated rings. The van der Waals surface area contributed by atoms with Crippen molar-refractivity contribution in [2.45, 2.75) is 78.0 Å². The maximum absolute atomic E-state index is 13.0. The van der Waals surface area contributed by atoms with Gasteiger partial charge in [0.2, 0.25) is 11.4 Å². The summed E-state index contributed by atoms with van der Waals surface area (Å²) in [5.74, 6) is -3.65. The monoisotopic (exact) mass is 383 g/mol. The molecule has 8 heteroatoms. The Hall–Kier alpha value is -2.38. The maximum Gasteiger partial charge on any atom is 0.418 e. The minimum atomic E-state index is -2.51. The predicted molar refractivity (Wildman–Crippen MR) is 96.8 cm³/mol. The molecule has 2 atom stereocenters. The van der Waals surface area contributed by atoms with Crippen LogP contribution in [0, 0.1) is 5.41 Å². The van der Waals surface area contributed by atoms with Gasteiger partial charge in [0, 0.05) is 6.42 Å². The Balaban J connectivity index is 3.60. The zero-order chi connectivity index (χ0) is 21.4. The van der Waals surface area contributed by atoms with E-state index in [1.165, 1.54) is 13.0 Å². The van der Waals surface area contributed by atoms with Crippen LogP contribution in [-0.4, -0.2) is 50.7 Å². The Morgan fingerprint density at radius 1 is 1.15 bits per heavy atom. The SMILES string of the molecule is C=CCC1(C)C[C@](C(=O)O)(C(=O)OC(C)(C)C)N(C(=O)OC(C)(C)C)C1=O. The summed E-state index contributed by atoms with van der Waals surface area (Å²) in [6.07, 6.45) is -0.108. The lowest BCUT2D eigenvalue weighted by Gasteiger charge is -2.34. The zero-order valence-electron chi connectivity index (χ0n) is 17.0. The molecule has 0 bridgehead atoms. The fraction of sp³-hybridized carbons (Fsp3) is 0.684. The van der Waals surface area contributed by atoms with Gasteiger partial charge < -0.3 is 14.6 Å². The molecule has 0 aromatic heterocycles. The van der Waals surface area contributed by atoms with Gasteiger partial charge in [0.25, 0.3) is 0 Å². The number of likely N-dealkylation sites (tertiary alicyclic amines) is 1. The molecule has 1 rings (SSSR count). The van der Waals surface area contributed by atoms with Crippen LogP contribution in [0.3, 0.4) is 0 Å². The Morgan fingerprint density at radius 3 is 2.00 bits per heavy atom. The summed E-state index contributed by atoms with van der Waals surface area (Å²) in [5.41, 5.74) is -5.83. The Morgan fingerprint density at radius 2 is 1.63 bits per heavy atom. The number of carbonyl (C=O) groups is 4. The van der Waals surface area contributed by atoms with Gasteiger partial charge in [-0.05, 0) is 48.0 Å². The molecule has 0 radical (unpaired) electrons. The third-order valence-corrected chi connectivity index (χ3v) is 4.01. The quantitative estimate of drug-likeness (QED) is 0.451. The van der Waals surface area contributed by atoms with Crippen molar-refractivity contribution >= 4 is 23.9 Å². The molecule has 1 unspecified atom stereocenters. The van der Waals surface area contributed by atoms with Crippen LogP contribution in [0.25, 0.3) is 0 Å². The summed E-state index contributed by atoms with van der Waals surface area (Å²) in [4.78, 5) is 51.3. The van der Waals surface area contributed by atoms with E-state index in [9.17, 15) is 24.3 Å². The maximum atomic E-state index is 13.0. The molecule has 152 valence electrons. The summed E-state index contributed by atoms with van der Waals surface area (Å²) in [6, 6.07) is 0. The molecule has 1 N–H and O–H groups in total. The number of esters is 1. The number of imide groups is 1. The highest BCUT2D eigenvalue weighted by Crippen LogP contribution is 2.47. The number of rotatable bonds is 4. The van der Waals surface area contributed by atoms with E-state index in [4.69, 9.17) is 9.47 Å². The van der Waals surface area contributed by atoms with Crippen LogP contribution in [0.15, 0.2) is 12.7 Å². The van der Waals surface area contributed by atoms with Gasteiger partial charge in [0.1, 0.15) is 11.2 Å². The first kappa shape index (κ1) is 22.7. The lowest BCUT2D eigenvalue weighted by atomic mass is 9.79. The number of carbonyl (C=O) groups excluding carboxylic acids is 3. The smallest absolute Gasteiger partial charge is 0.418 e. The Kier molecular flexibility index (Phi) is 5.86. The second-order valence-electron chi connectivity index (χ2n) is 9.02. The zero-order valence-corrected chi connectivity index (χ0v) is 17.0. The molecule has 0 spiro atoms. The fourth-order valence-corrected chi connectivity index (χ4v) is 2.97. The van der Waals surface area contributed by atoms with E-state index < -0.39 is 52.5 Å². The molecule has 1 heterocycles. The molecule has 0 aromatic rings. The average Bonchev–Trinajstić information content (AvgIpc) is 2.65. The molecule has 0 aromatic carbocycles. The van der Waals surface area contributed by atoms with Crippen molar-refractivity contribution in [3.8, 4) is 0 Å². The number of allylic oxidation sites excluding steroid dienone is 1. The van der Waals surface area contributed by atoms with Crippen molar-refractivity contribution in [1.29, 1.82) is 0 Å². The number of hydrogen-bond acceptors (Lipinski definition) is 6. The summed E-state index contributed by atoms with van der Waals surface area (Å²) >= 11 is 0. The lowest BCUT2D eigenvalue weighted by Crippen LogP contribution is -2.61. The number of ether oxygens (including phenoxy) is 2. The number of carboxylic acid groups (broad SMARTS) is 1. The molecular formula is C19H29NO7. The van der Waals surface area contributed by atoms with E-state index in [1.807, 2.05) is 0 Å². The first-order chi connectivity index (χ1) is 12.0. The summed E-state index contributed by atoms with van der Waals surface area (Å²) in [5, 5.41) is 9.94. The van der Waals surface area contributed by atoms with E-state index in [0.29, 0.717) is 4.90 Å². The normalized spacial score (nSPS) is 25.9. The van der Waals surface area contributed by atoms with Gasteiger partial charge in [-0.25, -0.2) is 19.3 Å². The van der Waals surface area contributed by atoms with Crippen molar-refractivity contribution < 1.29 is 33.8 Å². The molecule has 0 aliphatic carbocycles. The molecule has 8 nitrogen and oxygen atoms in total. The third-order valence-electron chi connectivity index (χ3n) is 4.01. The molecular weight excluding hydrogens is 354 g/mol. The Labute approximate surface area is 159 Å². The molecule has 0 saturated carbocycles. The van der Waals surface area contributed by atoms with Crippen LogP contribution in [0.2, 0.25) is 0 Å². The van der Waals surface area contributed by atoms with Crippen LogP contribution < -0.4 is 0 Å². The molecule has 2 amide bonds. The van der Waals surface area contributed by atoms with Crippen LogP contribution in [0.4, 0.5) is 4.79 Å². The fourth-order valence-electron chi connectivity index (χ4n) is 2.97. The van der Waals surface area contributed by atoms with E-state index in [1.54, 1.807) is 41.5 Å². The largest absolute Gasteiger partial charge is 0.479 e. The van der Waals surface area contributed by atoms with E-state index in [2.05, 4.69) is 6.58 Å². The first-order valence-corrected chi connectivity index (χ1v) is 8.65. The minimum Gasteiger partial charge on any atom is -0.479 e. The average molecular weight is 383 g/mol. The molecule has 1 aliphatic rings. The Bertz CT molecular complexity index is 671. The number of aliphatic carboxylic acids is 1. The summed E-state index contributed by atoms with van der Waals surface area (Å²) in [7, 11) is 0. The summed E-state index contributed by atoms with van der Waals surface area (Å²) in [6.45, 7) is 14.5. The van der Waals surface area contributed by atoms with Gasteiger partial charge in [0.15, 0.2) is 0 Å². The second-order valence-corrected chi connectivity index (χ2v) is 9.02. The highest BCUT2D eigenvalue weighted by atomic mass is 16.6. The highest BCUT2D eigenvalue weighted by molar-refractivity contribution is 6.15. The predicted octanol–water partition coefficient (Wildman–Crippen LogP) is 2.90. The van der Waals surface area contributed by atoms with Gasteiger partial charge in [-0.15, -0.1) is 6.58 Å². The first-order valence-electron chi connectivity index (χ1n) is 8.65. The van der Waals surface area contributed by atoms with Crippen LogP contribution >= 0.6 is 0 Å². The van der Waals surface area contributed by atoms with Crippen LogP contribution in [-0.2, 0) is 23.9 Å². The molecule has 27 heavy (non-hydrogen) atoms. The van der Waals surface area contributed by atoms with Gasteiger partial charge in [-0.3, -0.25) is 4.79 Å². The van der Waals surface area contributed by atoms with E-state index in [-0.39, 0.29) is 6.42 Å². The highest BCUT2D eigenvalue weighted by Gasteiger charge is 2.69. The number of nitrogens with zero attached hydrogens (tertiary/aromatic N) is 1. The van der Waals surface area contributed by atoms with Crippen molar-refractivity contribution in [3.05, 3.63) is 12.7 Å². The van der Waals surface area contributed by atoms with Gasteiger partial charge >= 0.3 is 18.0 Å². The van der Waals surface area contributed by atoms with Crippen LogP contribution in [0.5, 0.6) is 0 Å². The van der Waals surface area contributed by atoms with Crippen LogP contribution in [0.1, 0.15) is 61.3 Å². The van der Waals surface area contributed by atoms with Gasteiger partial charge in [-0.1, -0.05) is 13.0 Å². The minimum absolute atomic E-state index is 0.0863. The number of amides is 2. The van der Waals surface area contributed by atoms with Gasteiger partial charge in [-0.2, -0.15) is 0 Å². The van der Waals surface area contributed by atoms with Gasteiger partial charge in [0.05, 0.1) is 5.41 Å². The lowest BCUT2D eigenvalue weighted by molar-refractivity contribution is -0.178. The standard InChI is InChI=1S/C19H29NO7/c1-9-10-18(8)11-19(13(22)23,14(24)26-16(2,3)4)20(12(18)21)15(25)27-17(5,6)7/h9H,1,10-11H2,2-8H3,(H,22,23)/t18?,19-/m0/s1. The topological polar surface area (TPSA) is 110 Å².